The summed E-state index contributed by atoms with van der Waals surface area (Å²) in [5.74, 6) is 0. The highest BCUT2D eigenvalue weighted by Gasteiger charge is 2.25. The lowest BCUT2D eigenvalue weighted by molar-refractivity contribution is 0.00254. The summed E-state index contributed by atoms with van der Waals surface area (Å²) in [6.07, 6.45) is 2.43. The molecule has 2 amide bonds. The van der Waals surface area contributed by atoms with Gasteiger partial charge in [0.05, 0.1) is 6.10 Å². The molecule has 1 aromatic heterocycles. The first-order chi connectivity index (χ1) is 11.2. The number of nitrogens with one attached hydrogen (secondary N) is 2. The number of urea groups is 1. The van der Waals surface area contributed by atoms with E-state index in [1.54, 1.807) is 0 Å². The van der Waals surface area contributed by atoms with Crippen LogP contribution < -0.4 is 10.6 Å². The third-order valence-electron chi connectivity index (χ3n) is 3.78. The predicted octanol–water partition coefficient (Wildman–Crippen LogP) is 3.14. The van der Waals surface area contributed by atoms with E-state index in [0.717, 1.165) is 29.8 Å². The SMILES string of the molecule is CCc1nnc(NC(=O)N[C@H]2CCO[C@H](c3ccccc3)C2)s1. The molecule has 1 fully saturated rings. The molecule has 0 saturated carbocycles. The van der Waals surface area contributed by atoms with Crippen molar-refractivity contribution in [2.75, 3.05) is 11.9 Å². The van der Waals surface area contributed by atoms with Gasteiger partial charge in [0.15, 0.2) is 0 Å². The van der Waals surface area contributed by atoms with E-state index >= 15 is 0 Å². The number of hydrogen-bond acceptors (Lipinski definition) is 5. The first kappa shape index (κ1) is 15.9. The summed E-state index contributed by atoms with van der Waals surface area (Å²) < 4.78 is 5.82. The van der Waals surface area contributed by atoms with Crippen molar-refractivity contribution in [2.45, 2.75) is 38.3 Å². The molecule has 2 atom stereocenters. The molecule has 2 aromatic rings. The summed E-state index contributed by atoms with van der Waals surface area (Å²) >= 11 is 1.40. The number of benzene rings is 1. The van der Waals surface area contributed by atoms with Crippen LogP contribution >= 0.6 is 11.3 Å². The molecule has 7 heteroatoms. The molecule has 1 aliphatic heterocycles. The molecular weight excluding hydrogens is 312 g/mol. The highest BCUT2D eigenvalue weighted by molar-refractivity contribution is 7.15. The summed E-state index contributed by atoms with van der Waals surface area (Å²) in [6.45, 7) is 2.65. The van der Waals surface area contributed by atoms with Crippen molar-refractivity contribution < 1.29 is 9.53 Å². The number of nitrogens with zero attached hydrogens (tertiary/aromatic N) is 2. The minimum absolute atomic E-state index is 0.0310. The van der Waals surface area contributed by atoms with Crippen molar-refractivity contribution in [3.05, 3.63) is 40.9 Å². The van der Waals surface area contributed by atoms with Gasteiger partial charge in [-0.05, 0) is 24.8 Å². The smallest absolute Gasteiger partial charge is 0.321 e. The summed E-state index contributed by atoms with van der Waals surface area (Å²) in [4.78, 5) is 12.1. The number of hydrogen-bond donors (Lipinski definition) is 2. The lowest BCUT2D eigenvalue weighted by Gasteiger charge is -2.30. The third-order valence-corrected chi connectivity index (χ3v) is 4.76. The van der Waals surface area contributed by atoms with Crippen LogP contribution in [0.1, 0.15) is 36.4 Å². The van der Waals surface area contributed by atoms with Gasteiger partial charge in [-0.25, -0.2) is 4.79 Å². The van der Waals surface area contributed by atoms with E-state index in [1.165, 1.54) is 11.3 Å². The standard InChI is InChI=1S/C16H20N4O2S/c1-2-14-19-20-16(23-14)18-15(21)17-12-8-9-22-13(10-12)11-6-4-3-5-7-11/h3-7,12-13H,2,8-10H2,1H3,(H2,17,18,20,21)/t12-,13-/m0/s1. The van der Waals surface area contributed by atoms with Crippen LogP contribution in [0.2, 0.25) is 0 Å². The highest BCUT2D eigenvalue weighted by Crippen LogP contribution is 2.28. The lowest BCUT2D eigenvalue weighted by Crippen LogP contribution is -2.42. The van der Waals surface area contributed by atoms with E-state index in [9.17, 15) is 4.79 Å². The fourth-order valence-electron chi connectivity index (χ4n) is 2.59. The third kappa shape index (κ3) is 4.27. The average Bonchev–Trinajstić information content (AvgIpc) is 3.03. The number of carbonyl (C=O) groups excluding carboxylic acids is 1. The Morgan fingerprint density at radius 1 is 1.35 bits per heavy atom. The van der Waals surface area contributed by atoms with Gasteiger partial charge in [0.25, 0.3) is 0 Å². The minimum atomic E-state index is -0.234. The summed E-state index contributed by atoms with van der Waals surface area (Å²) in [6, 6.07) is 9.96. The summed E-state index contributed by atoms with van der Waals surface area (Å²) in [7, 11) is 0. The summed E-state index contributed by atoms with van der Waals surface area (Å²) in [5.41, 5.74) is 1.15. The number of aryl methyl sites for hydroxylation is 1. The van der Waals surface area contributed by atoms with Crippen molar-refractivity contribution in [2.24, 2.45) is 0 Å². The van der Waals surface area contributed by atoms with Crippen molar-refractivity contribution in [1.29, 1.82) is 0 Å². The van der Waals surface area contributed by atoms with Crippen LogP contribution in [0, 0.1) is 0 Å². The quantitative estimate of drug-likeness (QED) is 0.902. The van der Waals surface area contributed by atoms with Crippen LogP contribution in [0.15, 0.2) is 30.3 Å². The van der Waals surface area contributed by atoms with Crippen molar-refractivity contribution in [3.63, 3.8) is 0 Å². The summed E-state index contributed by atoms with van der Waals surface area (Å²) in [5, 5.41) is 15.1. The fourth-order valence-corrected chi connectivity index (χ4v) is 3.27. The molecule has 0 unspecified atom stereocenters. The number of ether oxygens (including phenoxy) is 1. The molecule has 2 N–H and O–H groups in total. The Morgan fingerprint density at radius 3 is 2.91 bits per heavy atom. The van der Waals surface area contributed by atoms with Gasteiger partial charge >= 0.3 is 6.03 Å². The van der Waals surface area contributed by atoms with Gasteiger partial charge in [-0.2, -0.15) is 0 Å². The normalized spacial score (nSPS) is 20.9. The zero-order chi connectivity index (χ0) is 16.1. The maximum Gasteiger partial charge on any atom is 0.321 e. The first-order valence-corrected chi connectivity index (χ1v) is 8.62. The van der Waals surface area contributed by atoms with Crippen molar-refractivity contribution >= 4 is 22.5 Å². The van der Waals surface area contributed by atoms with Gasteiger partial charge in [-0.3, -0.25) is 5.32 Å². The van der Waals surface area contributed by atoms with Gasteiger partial charge in [-0.15, -0.1) is 10.2 Å². The Balaban J connectivity index is 1.54. The number of aromatic nitrogens is 2. The molecule has 0 spiro atoms. The van der Waals surface area contributed by atoms with E-state index in [-0.39, 0.29) is 18.2 Å². The second kappa shape index (κ2) is 7.52. The minimum Gasteiger partial charge on any atom is -0.373 e. The molecule has 1 saturated heterocycles. The van der Waals surface area contributed by atoms with Crippen LogP contribution in [0.5, 0.6) is 0 Å². The van der Waals surface area contributed by atoms with Crippen LogP contribution in [-0.2, 0) is 11.2 Å². The van der Waals surface area contributed by atoms with Crippen LogP contribution in [0.3, 0.4) is 0 Å². The Hall–Kier alpha value is -1.99. The number of anilines is 1. The van der Waals surface area contributed by atoms with Crippen LogP contribution in [-0.4, -0.2) is 28.9 Å². The van der Waals surface area contributed by atoms with Gasteiger partial charge in [0, 0.05) is 12.6 Å². The van der Waals surface area contributed by atoms with Gasteiger partial charge in [0.2, 0.25) is 5.13 Å². The second-order valence-electron chi connectivity index (χ2n) is 5.44. The molecule has 1 aromatic carbocycles. The van der Waals surface area contributed by atoms with E-state index in [4.69, 9.17) is 4.74 Å². The first-order valence-electron chi connectivity index (χ1n) is 7.81. The van der Waals surface area contributed by atoms with Crippen LogP contribution in [0.25, 0.3) is 0 Å². The number of amides is 2. The molecule has 0 radical (unpaired) electrons. The Morgan fingerprint density at radius 2 is 2.17 bits per heavy atom. The molecule has 2 heterocycles. The highest BCUT2D eigenvalue weighted by atomic mass is 32.1. The maximum absolute atomic E-state index is 12.1. The molecule has 0 bridgehead atoms. The van der Waals surface area contributed by atoms with Gasteiger partial charge < -0.3 is 10.1 Å². The molecule has 3 rings (SSSR count). The van der Waals surface area contributed by atoms with E-state index in [2.05, 4.69) is 33.0 Å². The molecule has 122 valence electrons. The van der Waals surface area contributed by atoms with Crippen molar-refractivity contribution in [1.82, 2.24) is 15.5 Å². The van der Waals surface area contributed by atoms with Crippen molar-refractivity contribution in [3.8, 4) is 0 Å². The van der Waals surface area contributed by atoms with E-state index < -0.39 is 0 Å². The molecule has 6 nitrogen and oxygen atoms in total. The van der Waals surface area contributed by atoms with Gasteiger partial charge in [0.1, 0.15) is 5.01 Å². The Kier molecular flexibility index (Phi) is 5.19. The van der Waals surface area contributed by atoms with Gasteiger partial charge in [-0.1, -0.05) is 48.6 Å². The molecule has 23 heavy (non-hydrogen) atoms. The van der Waals surface area contributed by atoms with Crippen LogP contribution in [0.4, 0.5) is 9.93 Å². The maximum atomic E-state index is 12.1. The Bertz CT molecular complexity index is 647. The Labute approximate surface area is 139 Å². The zero-order valence-electron chi connectivity index (χ0n) is 13.0. The largest absolute Gasteiger partial charge is 0.373 e. The monoisotopic (exact) mass is 332 g/mol. The molecule has 0 aliphatic carbocycles. The lowest BCUT2D eigenvalue weighted by atomic mass is 9.97. The second-order valence-corrected chi connectivity index (χ2v) is 6.51. The van der Waals surface area contributed by atoms with E-state index in [1.807, 2.05) is 25.1 Å². The molecular formula is C16H20N4O2S. The zero-order valence-corrected chi connectivity index (χ0v) is 13.8. The fraction of sp³-hybridized carbons (Fsp3) is 0.438. The van der Waals surface area contributed by atoms with E-state index in [0.29, 0.717) is 11.7 Å². The number of carbonyl (C=O) groups is 1. The topological polar surface area (TPSA) is 76.1 Å². The predicted molar refractivity (Wildman–Crippen MR) is 89.6 cm³/mol. The number of rotatable bonds is 4. The molecule has 1 aliphatic rings. The average molecular weight is 332 g/mol.